The van der Waals surface area contributed by atoms with Crippen molar-refractivity contribution in [1.82, 2.24) is 20.4 Å². The van der Waals surface area contributed by atoms with Crippen LogP contribution in [0.1, 0.15) is 22.9 Å². The van der Waals surface area contributed by atoms with Crippen molar-refractivity contribution in [3.63, 3.8) is 0 Å². The van der Waals surface area contributed by atoms with Crippen LogP contribution < -0.4 is 10.6 Å². The fraction of sp³-hybridized carbons (Fsp3) is 0.0400. The highest BCUT2D eigenvalue weighted by Crippen LogP contribution is 2.38. The van der Waals surface area contributed by atoms with Crippen molar-refractivity contribution >= 4 is 51.2 Å². The Morgan fingerprint density at radius 3 is 2.57 bits per heavy atom. The molecule has 0 unspecified atom stereocenters. The molecule has 2 aromatic heterocycles. The molecule has 172 valence electrons. The van der Waals surface area contributed by atoms with Gasteiger partial charge in [-0.05, 0) is 29.8 Å². The monoisotopic (exact) mass is 503 g/mol. The van der Waals surface area contributed by atoms with Crippen LogP contribution in [-0.2, 0) is 0 Å². The summed E-state index contributed by atoms with van der Waals surface area (Å²) in [7, 11) is 0. The van der Waals surface area contributed by atoms with Crippen LogP contribution in [-0.4, -0.2) is 20.4 Å². The molecule has 0 amide bonds. The van der Waals surface area contributed by atoms with Crippen molar-refractivity contribution in [2.45, 2.75) is 6.04 Å². The van der Waals surface area contributed by atoms with Crippen LogP contribution in [0.5, 0.6) is 0 Å². The molecule has 10 heteroatoms. The van der Waals surface area contributed by atoms with Crippen LogP contribution in [0.2, 0.25) is 10.0 Å². The summed E-state index contributed by atoms with van der Waals surface area (Å²) in [6.07, 6.45) is 3.06. The lowest BCUT2D eigenvalue weighted by molar-refractivity contribution is 0.632. The average Bonchev–Trinajstić information content (AvgIpc) is 3.40. The highest BCUT2D eigenvalue weighted by molar-refractivity contribution is 6.32. The Hall–Kier alpha value is -4.19. The Morgan fingerprint density at radius 2 is 1.83 bits per heavy atom. The van der Waals surface area contributed by atoms with E-state index < -0.39 is 5.82 Å². The number of pyridine rings is 1. The Bertz CT molecular complexity index is 1550. The van der Waals surface area contributed by atoms with Crippen molar-refractivity contribution in [3.8, 4) is 6.07 Å². The van der Waals surface area contributed by atoms with Gasteiger partial charge in [0.1, 0.15) is 11.8 Å². The Kier molecular flexibility index (Phi) is 6.19. The van der Waals surface area contributed by atoms with Crippen molar-refractivity contribution in [3.05, 3.63) is 106 Å². The van der Waals surface area contributed by atoms with E-state index in [0.717, 1.165) is 5.56 Å². The van der Waals surface area contributed by atoms with Gasteiger partial charge in [0, 0.05) is 16.6 Å². The van der Waals surface area contributed by atoms with Gasteiger partial charge in [-0.15, -0.1) is 0 Å². The van der Waals surface area contributed by atoms with E-state index in [0.29, 0.717) is 33.0 Å². The third kappa shape index (κ3) is 4.47. The number of fused-ring (bicyclic) bond motifs is 1. The molecule has 0 bridgehead atoms. The van der Waals surface area contributed by atoms with E-state index in [1.165, 1.54) is 18.3 Å². The maximum atomic E-state index is 14.7. The summed E-state index contributed by atoms with van der Waals surface area (Å²) in [6, 6.07) is 19.5. The van der Waals surface area contributed by atoms with Crippen LogP contribution in [0.25, 0.3) is 10.9 Å². The van der Waals surface area contributed by atoms with Crippen molar-refractivity contribution in [2.24, 2.45) is 0 Å². The summed E-state index contributed by atoms with van der Waals surface area (Å²) in [6.45, 7) is 0. The van der Waals surface area contributed by atoms with Gasteiger partial charge in [-0.1, -0.05) is 59.6 Å². The number of benzene rings is 3. The van der Waals surface area contributed by atoms with Gasteiger partial charge in [-0.3, -0.25) is 4.98 Å². The van der Waals surface area contributed by atoms with E-state index in [9.17, 15) is 9.65 Å². The Balaban J connectivity index is 1.65. The highest BCUT2D eigenvalue weighted by atomic mass is 35.5. The number of nitrogens with zero attached hydrogens (tertiary/aromatic N) is 4. The fourth-order valence-electron chi connectivity index (χ4n) is 3.81. The molecule has 0 aliphatic carbocycles. The molecule has 0 radical (unpaired) electrons. The van der Waals surface area contributed by atoms with Gasteiger partial charge in [-0.25, -0.2) is 4.39 Å². The number of rotatable bonds is 6. The quantitative estimate of drug-likeness (QED) is 0.240. The number of nitrogens with one attached hydrogen (secondary N) is 3. The second-order valence-electron chi connectivity index (χ2n) is 7.62. The molecule has 0 saturated heterocycles. The van der Waals surface area contributed by atoms with Gasteiger partial charge in [0.15, 0.2) is 5.82 Å². The Morgan fingerprint density at radius 1 is 1.00 bits per heavy atom. The molecule has 0 aliphatic heterocycles. The first-order valence-electron chi connectivity index (χ1n) is 10.5. The number of H-pyrrole nitrogens is 1. The summed E-state index contributed by atoms with van der Waals surface area (Å²) >= 11 is 12.4. The lowest BCUT2D eigenvalue weighted by atomic mass is 10.0. The molecular weight excluding hydrogens is 488 g/mol. The molecule has 5 rings (SSSR count). The smallest absolute Gasteiger partial charge is 0.165 e. The molecule has 0 fully saturated rings. The van der Waals surface area contributed by atoms with Gasteiger partial charge in [0.05, 0.1) is 45.4 Å². The second kappa shape index (κ2) is 9.58. The normalized spacial score (nSPS) is 11.7. The van der Waals surface area contributed by atoms with Gasteiger partial charge in [0.2, 0.25) is 0 Å². The maximum Gasteiger partial charge on any atom is 0.165 e. The van der Waals surface area contributed by atoms with Crippen molar-refractivity contribution < 1.29 is 4.39 Å². The van der Waals surface area contributed by atoms with E-state index in [4.69, 9.17) is 23.2 Å². The van der Waals surface area contributed by atoms with Gasteiger partial charge >= 0.3 is 0 Å². The number of aromatic amines is 1. The molecule has 0 aliphatic rings. The van der Waals surface area contributed by atoms with Crippen LogP contribution in [0, 0.1) is 17.1 Å². The van der Waals surface area contributed by atoms with Gasteiger partial charge in [-0.2, -0.15) is 20.7 Å². The molecule has 5 aromatic rings. The molecular formula is C25H16Cl2FN7. The summed E-state index contributed by atoms with van der Waals surface area (Å²) in [5.41, 5.74) is 3.45. The standard InChI is InChI=1S/C25H16Cl2FN7/c26-16-9-17-23(32-19-8-4-7-18(27)22(19)28)15(11-29)12-30-25(17)20(10-16)33-24(21-13-31-35-34-21)14-5-2-1-3-6-14/h1-10,12-13,24,33H,(H,30,32)(H,31,34,35)/t24-/m0/s1. The molecule has 0 saturated carbocycles. The zero-order valence-electron chi connectivity index (χ0n) is 17.9. The van der Waals surface area contributed by atoms with Gasteiger partial charge in [0.25, 0.3) is 0 Å². The molecule has 3 N–H and O–H groups in total. The van der Waals surface area contributed by atoms with E-state index in [1.807, 2.05) is 30.3 Å². The fourth-order valence-corrected chi connectivity index (χ4v) is 4.20. The molecule has 7 nitrogen and oxygen atoms in total. The summed E-state index contributed by atoms with van der Waals surface area (Å²) in [4.78, 5) is 4.52. The number of nitriles is 1. The van der Waals surface area contributed by atoms with E-state index in [1.54, 1.807) is 24.4 Å². The summed E-state index contributed by atoms with van der Waals surface area (Å²) in [5, 5.41) is 27.9. The first-order chi connectivity index (χ1) is 17.0. The number of aromatic nitrogens is 4. The summed E-state index contributed by atoms with van der Waals surface area (Å²) < 4.78 is 14.7. The molecule has 0 spiro atoms. The minimum absolute atomic E-state index is 0.0365. The number of hydrogen-bond donors (Lipinski definition) is 3. The van der Waals surface area contributed by atoms with Crippen LogP contribution in [0.15, 0.2) is 73.1 Å². The first kappa shape index (κ1) is 22.6. The zero-order valence-corrected chi connectivity index (χ0v) is 19.4. The number of anilines is 3. The number of hydrogen-bond acceptors (Lipinski definition) is 6. The Labute approximate surface area is 209 Å². The third-order valence-electron chi connectivity index (χ3n) is 5.43. The van der Waals surface area contributed by atoms with Crippen LogP contribution in [0.4, 0.5) is 21.5 Å². The number of halogens is 3. The predicted octanol–water partition coefficient (Wildman–Crippen LogP) is 6.62. The van der Waals surface area contributed by atoms with Crippen LogP contribution >= 0.6 is 23.2 Å². The van der Waals surface area contributed by atoms with E-state index in [-0.39, 0.29) is 22.3 Å². The predicted molar refractivity (Wildman–Crippen MR) is 134 cm³/mol. The zero-order chi connectivity index (χ0) is 24.4. The molecule has 3 aromatic carbocycles. The van der Waals surface area contributed by atoms with E-state index >= 15 is 0 Å². The second-order valence-corrected chi connectivity index (χ2v) is 8.46. The maximum absolute atomic E-state index is 14.7. The average molecular weight is 504 g/mol. The lowest BCUT2D eigenvalue weighted by Gasteiger charge is -2.20. The van der Waals surface area contributed by atoms with Crippen molar-refractivity contribution in [2.75, 3.05) is 10.6 Å². The topological polar surface area (TPSA) is 102 Å². The SMILES string of the molecule is N#Cc1cnc2c(N[C@@H](c3ccccc3)c3cn[nH]n3)cc(Cl)cc2c1Nc1cccc(Cl)c1F. The lowest BCUT2D eigenvalue weighted by Crippen LogP contribution is -2.13. The minimum atomic E-state index is -0.626. The molecule has 35 heavy (non-hydrogen) atoms. The van der Waals surface area contributed by atoms with Crippen LogP contribution in [0.3, 0.4) is 0 Å². The molecule has 2 heterocycles. The van der Waals surface area contributed by atoms with Crippen molar-refractivity contribution in [1.29, 1.82) is 5.26 Å². The summed E-state index contributed by atoms with van der Waals surface area (Å²) in [5.74, 6) is -0.626. The largest absolute Gasteiger partial charge is 0.371 e. The molecule has 1 atom stereocenters. The van der Waals surface area contributed by atoms with E-state index in [2.05, 4.69) is 37.1 Å². The first-order valence-corrected chi connectivity index (χ1v) is 11.2. The highest BCUT2D eigenvalue weighted by Gasteiger charge is 2.21. The third-order valence-corrected chi connectivity index (χ3v) is 5.94. The minimum Gasteiger partial charge on any atom is -0.371 e. The van der Waals surface area contributed by atoms with Gasteiger partial charge < -0.3 is 10.6 Å².